The molecule has 0 aliphatic heterocycles. The van der Waals surface area contributed by atoms with Crippen molar-refractivity contribution in [3.63, 3.8) is 0 Å². The van der Waals surface area contributed by atoms with Crippen LogP contribution in [0.15, 0.2) is 0 Å². The maximum Gasteiger partial charge on any atom is 0.303 e. The number of primary amides is 1. The van der Waals surface area contributed by atoms with Gasteiger partial charge in [-0.25, -0.2) is 0 Å². The number of amides is 2. The number of hydrogen-bond acceptors (Lipinski definition) is 1. The molecule has 48 valence electrons. The fraction of sp³-hybridized carbons (Fsp3) is 0.750. The van der Waals surface area contributed by atoms with E-state index in [-0.39, 0.29) is 15.7 Å². The van der Waals surface area contributed by atoms with E-state index in [1.54, 1.807) is 0 Å². The van der Waals surface area contributed by atoms with Crippen molar-refractivity contribution >= 4 is 15.7 Å². The summed E-state index contributed by atoms with van der Waals surface area (Å²) < 4.78 is 0. The quantitative estimate of drug-likeness (QED) is 0.397. The maximum atomic E-state index is 10.0. The van der Waals surface area contributed by atoms with E-state index in [9.17, 15) is 4.79 Å². The van der Waals surface area contributed by atoms with Crippen LogP contribution in [0.1, 0.15) is 13.3 Å². The fourth-order valence-electron chi connectivity index (χ4n) is 0.388. The van der Waals surface area contributed by atoms with E-state index in [1.165, 1.54) is 0 Å². The number of rotatable bonds is 3. The highest BCUT2D eigenvalue weighted by atomic mass is 28.2. The van der Waals surface area contributed by atoms with E-state index in [0.717, 1.165) is 12.5 Å². The molecule has 3 N–H and O–H groups in total. The van der Waals surface area contributed by atoms with Gasteiger partial charge in [-0.05, 0) is 6.04 Å². The molecule has 0 aromatic rings. The van der Waals surface area contributed by atoms with Crippen molar-refractivity contribution in [1.82, 2.24) is 4.98 Å². The summed E-state index contributed by atoms with van der Waals surface area (Å²) in [5.74, 6) is 0. The molecule has 0 aromatic heterocycles. The Labute approximate surface area is 51.5 Å². The van der Waals surface area contributed by atoms with Crippen LogP contribution in [0.2, 0.25) is 6.04 Å². The van der Waals surface area contributed by atoms with E-state index in [0.29, 0.717) is 0 Å². The molecule has 0 saturated heterocycles. The Bertz CT molecular complexity index is 76.4. The van der Waals surface area contributed by atoms with E-state index >= 15 is 0 Å². The third kappa shape index (κ3) is 5.49. The second kappa shape index (κ2) is 4.64. The minimum absolute atomic E-state index is 0.361. The highest BCUT2D eigenvalue weighted by Crippen LogP contribution is 1.80. The van der Waals surface area contributed by atoms with Crippen LogP contribution in [0.4, 0.5) is 4.79 Å². The summed E-state index contributed by atoms with van der Waals surface area (Å²) >= 11 is 0. The summed E-state index contributed by atoms with van der Waals surface area (Å²) in [6.45, 7) is 2.09. The Kier molecular flexibility index (Phi) is 4.34. The topological polar surface area (TPSA) is 55.1 Å². The average molecular weight is 132 g/mol. The Morgan fingerprint density at radius 2 is 2.50 bits per heavy atom. The van der Waals surface area contributed by atoms with Crippen LogP contribution < -0.4 is 10.7 Å². The molecule has 3 nitrogen and oxygen atoms in total. The van der Waals surface area contributed by atoms with Gasteiger partial charge in [0, 0.05) is 0 Å². The Hall–Kier alpha value is -0.513. The smallest absolute Gasteiger partial charge is 0.303 e. The summed E-state index contributed by atoms with van der Waals surface area (Å²) in [7, 11) is -0.361. The van der Waals surface area contributed by atoms with Gasteiger partial charge < -0.3 is 10.7 Å². The molecular weight excluding hydrogens is 120 g/mol. The second-order valence-corrected chi connectivity index (χ2v) is 3.21. The molecule has 0 saturated carbocycles. The minimum Gasteiger partial charge on any atom is -0.370 e. The van der Waals surface area contributed by atoms with Gasteiger partial charge in [0.2, 0.25) is 0 Å². The van der Waals surface area contributed by atoms with Crippen molar-refractivity contribution in [3.05, 3.63) is 0 Å². The molecule has 0 radical (unpaired) electrons. The number of carbonyl (C=O) groups excluding carboxylic acids is 1. The average Bonchev–Trinajstić information content (AvgIpc) is 1.66. The first-order valence-corrected chi connectivity index (χ1v) is 4.51. The summed E-state index contributed by atoms with van der Waals surface area (Å²) in [6.07, 6.45) is 1.15. The zero-order valence-corrected chi connectivity index (χ0v) is 6.52. The fourth-order valence-corrected chi connectivity index (χ4v) is 1.17. The molecule has 8 heavy (non-hydrogen) atoms. The van der Waals surface area contributed by atoms with Crippen LogP contribution >= 0.6 is 0 Å². The standard InChI is InChI=1S/C4H12N2OSi/c1-2-3-8-6-4(5)7/h2-3,8H2,1H3,(H3,5,6,7). The summed E-state index contributed by atoms with van der Waals surface area (Å²) in [5.41, 5.74) is 4.82. The number of nitrogens with two attached hydrogens (primary N) is 1. The van der Waals surface area contributed by atoms with E-state index < -0.39 is 0 Å². The summed E-state index contributed by atoms with van der Waals surface area (Å²) in [4.78, 5) is 12.6. The molecule has 0 aliphatic rings. The van der Waals surface area contributed by atoms with Gasteiger partial charge in [0.05, 0.1) is 0 Å². The lowest BCUT2D eigenvalue weighted by Gasteiger charge is -1.95. The molecule has 0 aliphatic carbocycles. The SMILES string of the molecule is CCC[SiH2]NC(N)=O. The zero-order valence-electron chi connectivity index (χ0n) is 5.11. The van der Waals surface area contributed by atoms with Gasteiger partial charge in [0.1, 0.15) is 9.68 Å². The zero-order chi connectivity index (χ0) is 6.41. The van der Waals surface area contributed by atoms with Crippen molar-refractivity contribution < 1.29 is 4.79 Å². The van der Waals surface area contributed by atoms with Gasteiger partial charge in [-0.15, -0.1) is 0 Å². The molecule has 0 bridgehead atoms. The Balaban J connectivity index is 2.82. The number of nitrogens with one attached hydrogen (secondary N) is 1. The molecule has 0 unspecified atom stereocenters. The van der Waals surface area contributed by atoms with Gasteiger partial charge in [0.25, 0.3) is 0 Å². The van der Waals surface area contributed by atoms with Gasteiger partial charge in [-0.1, -0.05) is 13.3 Å². The number of urea groups is 1. The molecule has 0 fully saturated rings. The van der Waals surface area contributed by atoms with Crippen LogP contribution in [-0.2, 0) is 0 Å². The predicted molar refractivity (Wildman–Crippen MR) is 36.4 cm³/mol. The van der Waals surface area contributed by atoms with Crippen molar-refractivity contribution in [2.45, 2.75) is 19.4 Å². The highest BCUT2D eigenvalue weighted by Gasteiger charge is 1.87. The molecule has 0 heterocycles. The van der Waals surface area contributed by atoms with Crippen LogP contribution in [0.3, 0.4) is 0 Å². The van der Waals surface area contributed by atoms with E-state index in [1.807, 2.05) is 0 Å². The first-order chi connectivity index (χ1) is 3.77. The molecular formula is C4H12N2OSi. The highest BCUT2D eigenvalue weighted by molar-refractivity contribution is 6.36. The monoisotopic (exact) mass is 132 g/mol. The lowest BCUT2D eigenvalue weighted by molar-refractivity contribution is 0.253. The summed E-state index contributed by atoms with van der Waals surface area (Å²) in [5, 5.41) is 0. The second-order valence-electron chi connectivity index (χ2n) is 1.64. The van der Waals surface area contributed by atoms with Gasteiger partial charge >= 0.3 is 6.03 Å². The predicted octanol–water partition coefficient (Wildman–Crippen LogP) is -0.433. The minimum atomic E-state index is -0.370. The van der Waals surface area contributed by atoms with Crippen LogP contribution in [0.5, 0.6) is 0 Å². The van der Waals surface area contributed by atoms with Crippen LogP contribution in [-0.4, -0.2) is 15.7 Å². The molecule has 0 atom stereocenters. The molecule has 0 rings (SSSR count). The first kappa shape index (κ1) is 7.49. The van der Waals surface area contributed by atoms with E-state index in [2.05, 4.69) is 11.9 Å². The summed E-state index contributed by atoms with van der Waals surface area (Å²) in [6, 6.07) is 0.772. The molecule has 4 heteroatoms. The van der Waals surface area contributed by atoms with Gasteiger partial charge in [-0.3, -0.25) is 4.79 Å². The van der Waals surface area contributed by atoms with Crippen molar-refractivity contribution in [2.75, 3.05) is 0 Å². The third-order valence-corrected chi connectivity index (χ3v) is 2.49. The van der Waals surface area contributed by atoms with Gasteiger partial charge in [-0.2, -0.15) is 0 Å². The third-order valence-electron chi connectivity index (χ3n) is 0.830. The van der Waals surface area contributed by atoms with E-state index in [4.69, 9.17) is 5.73 Å². The Morgan fingerprint density at radius 1 is 1.88 bits per heavy atom. The van der Waals surface area contributed by atoms with Gasteiger partial charge in [0.15, 0.2) is 0 Å². The Morgan fingerprint density at radius 3 is 2.88 bits per heavy atom. The lowest BCUT2D eigenvalue weighted by atomic mass is 10.6. The van der Waals surface area contributed by atoms with Crippen LogP contribution in [0, 0.1) is 0 Å². The van der Waals surface area contributed by atoms with Crippen molar-refractivity contribution in [1.29, 1.82) is 0 Å². The maximum absolute atomic E-state index is 10.0. The number of carbonyl (C=O) groups is 1. The molecule has 0 aromatic carbocycles. The number of hydrogen-bond donors (Lipinski definition) is 2. The van der Waals surface area contributed by atoms with Crippen molar-refractivity contribution in [3.8, 4) is 0 Å². The van der Waals surface area contributed by atoms with Crippen LogP contribution in [0.25, 0.3) is 0 Å². The molecule has 0 spiro atoms. The lowest BCUT2D eigenvalue weighted by Crippen LogP contribution is -2.32. The largest absolute Gasteiger partial charge is 0.370 e. The van der Waals surface area contributed by atoms with Crippen molar-refractivity contribution in [2.24, 2.45) is 5.73 Å². The normalized spacial score (nSPS) is 10.1. The first-order valence-electron chi connectivity index (χ1n) is 2.80. The molecule has 2 amide bonds.